The number of nitrogens with one attached hydrogen (secondary N) is 1. The summed E-state index contributed by atoms with van der Waals surface area (Å²) < 4.78 is 1.57. The molecule has 0 fully saturated rings. The largest absolute Gasteiger partial charge is 0.318 e. The van der Waals surface area contributed by atoms with Crippen LogP contribution in [0.4, 0.5) is 0 Å². The fraction of sp³-hybridized carbons (Fsp3) is 0.273. The first kappa shape index (κ1) is 12.0. The molecule has 0 spiro atoms. The zero-order valence-electron chi connectivity index (χ0n) is 9.91. The molecule has 0 atom stereocenters. The minimum absolute atomic E-state index is 0.0840. The fourth-order valence-electron chi connectivity index (χ4n) is 1.62. The maximum Gasteiger partial charge on any atom is 0.318 e. The molecule has 1 heterocycles. The lowest BCUT2D eigenvalue weighted by atomic mass is 10.2. The van der Waals surface area contributed by atoms with Gasteiger partial charge in [0.2, 0.25) is 0 Å². The van der Waals surface area contributed by atoms with Crippen molar-refractivity contribution >= 4 is 0 Å². The first-order chi connectivity index (χ1) is 8.70. The zero-order valence-corrected chi connectivity index (χ0v) is 9.91. The lowest BCUT2D eigenvalue weighted by Gasteiger charge is -1.97. The Bertz CT molecular complexity index is 599. The summed E-state index contributed by atoms with van der Waals surface area (Å²) in [6.07, 6.45) is 0.835. The van der Waals surface area contributed by atoms with E-state index in [0.717, 1.165) is 12.0 Å². The average Bonchev–Trinajstić information content (AvgIpc) is 2.73. The number of aryl methyl sites for hydroxylation is 1. The van der Waals surface area contributed by atoms with Crippen molar-refractivity contribution in [1.29, 1.82) is 0 Å². The third-order valence-electron chi connectivity index (χ3n) is 2.36. The summed E-state index contributed by atoms with van der Waals surface area (Å²) in [7, 11) is 0. The monoisotopic (exact) mass is 247 g/mol. The van der Waals surface area contributed by atoms with E-state index in [1.165, 1.54) is 0 Å². The smallest absolute Gasteiger partial charge is 0.278 e. The summed E-state index contributed by atoms with van der Waals surface area (Å²) in [6.45, 7) is 2.58. The van der Waals surface area contributed by atoms with Gasteiger partial charge in [0.15, 0.2) is 10.9 Å². The predicted molar refractivity (Wildman–Crippen MR) is 64.9 cm³/mol. The molecule has 0 saturated heterocycles. The Balaban J connectivity index is 2.49. The molecule has 1 aromatic heterocycles. The predicted octanol–water partition coefficient (Wildman–Crippen LogP) is 1.38. The van der Waals surface area contributed by atoms with E-state index in [4.69, 9.17) is 0 Å². The number of rotatable bonds is 4. The van der Waals surface area contributed by atoms with E-state index in [1.54, 1.807) is 4.68 Å². The number of benzene rings is 1. The number of H-pyrrole nitrogens is 1. The van der Waals surface area contributed by atoms with Gasteiger partial charge in [0.1, 0.15) is 5.10 Å². The van der Waals surface area contributed by atoms with Crippen LogP contribution in [0.15, 0.2) is 35.4 Å². The molecule has 0 saturated carbocycles. The Morgan fingerprint density at radius 1 is 1.44 bits per heavy atom. The number of aromatic amines is 1. The molecule has 0 amide bonds. The molecule has 2 aromatic rings. The molecule has 2 rings (SSSR count). The molecule has 0 aliphatic carbocycles. The number of nitrogens with zero attached hydrogens (tertiary/aromatic N) is 4. The highest BCUT2D eigenvalue weighted by Crippen LogP contribution is 2.11. The Labute approximate surface area is 103 Å². The standard InChI is InChI=1S/C11H13N5O2/c1-2-8-15-11(14-16(17)18)12-10(13-15)9-6-4-3-5-7-9/h3-7H,2,8H2,1H3,(H,12,13,14). The molecule has 1 aromatic carbocycles. The van der Waals surface area contributed by atoms with E-state index in [9.17, 15) is 10.1 Å². The Hall–Kier alpha value is -2.44. The van der Waals surface area contributed by atoms with E-state index in [-0.39, 0.29) is 5.62 Å². The van der Waals surface area contributed by atoms with Gasteiger partial charge in [-0.3, -0.25) is 5.10 Å². The zero-order chi connectivity index (χ0) is 13.0. The van der Waals surface area contributed by atoms with E-state index in [1.807, 2.05) is 37.3 Å². The van der Waals surface area contributed by atoms with Crippen LogP contribution in [0.5, 0.6) is 0 Å². The number of hydrogen-bond acceptors (Lipinski definition) is 3. The van der Waals surface area contributed by atoms with Crippen molar-refractivity contribution < 1.29 is 5.03 Å². The van der Waals surface area contributed by atoms with Gasteiger partial charge in [-0.25, -0.2) is 14.8 Å². The summed E-state index contributed by atoms with van der Waals surface area (Å²) in [5.41, 5.74) is 0.952. The normalized spacial score (nSPS) is 11.7. The quantitative estimate of drug-likeness (QED) is 0.653. The van der Waals surface area contributed by atoms with Gasteiger partial charge in [-0.15, -0.1) is 0 Å². The number of hydrogen-bond donors (Lipinski definition) is 1. The second-order valence-electron chi connectivity index (χ2n) is 3.73. The van der Waals surface area contributed by atoms with Crippen molar-refractivity contribution in [1.82, 2.24) is 14.8 Å². The summed E-state index contributed by atoms with van der Waals surface area (Å²) in [5.74, 6) is 0.574. The SMILES string of the molecule is CCCn1[nH]c(-c2ccccc2)n/c1=N\[N+](=O)[O-]. The van der Waals surface area contributed by atoms with Crippen LogP contribution in [0, 0.1) is 10.1 Å². The van der Waals surface area contributed by atoms with E-state index in [0.29, 0.717) is 12.4 Å². The molecule has 0 aliphatic heterocycles. The molecule has 0 aliphatic rings. The molecule has 0 unspecified atom stereocenters. The van der Waals surface area contributed by atoms with Crippen molar-refractivity contribution in [2.24, 2.45) is 5.10 Å². The molecular formula is C11H13N5O2. The fourth-order valence-corrected chi connectivity index (χ4v) is 1.62. The van der Waals surface area contributed by atoms with Crippen molar-refractivity contribution in [3.63, 3.8) is 0 Å². The van der Waals surface area contributed by atoms with Crippen LogP contribution in [0.25, 0.3) is 11.4 Å². The van der Waals surface area contributed by atoms with Crippen LogP contribution in [0.1, 0.15) is 13.3 Å². The summed E-state index contributed by atoms with van der Waals surface area (Å²) in [6, 6.07) is 9.42. The van der Waals surface area contributed by atoms with Crippen molar-refractivity contribution in [2.75, 3.05) is 0 Å². The topological polar surface area (TPSA) is 89.1 Å². The van der Waals surface area contributed by atoms with Crippen LogP contribution in [-0.2, 0) is 6.54 Å². The Morgan fingerprint density at radius 2 is 2.17 bits per heavy atom. The first-order valence-electron chi connectivity index (χ1n) is 5.62. The van der Waals surface area contributed by atoms with E-state index < -0.39 is 5.03 Å². The van der Waals surface area contributed by atoms with Crippen molar-refractivity contribution in [2.45, 2.75) is 19.9 Å². The van der Waals surface area contributed by atoms with Gasteiger partial charge in [-0.1, -0.05) is 37.3 Å². The molecule has 0 bridgehead atoms. The molecular weight excluding hydrogens is 234 g/mol. The lowest BCUT2D eigenvalue weighted by molar-refractivity contribution is -0.491. The second kappa shape index (κ2) is 5.26. The van der Waals surface area contributed by atoms with E-state index >= 15 is 0 Å². The van der Waals surface area contributed by atoms with Gasteiger partial charge >= 0.3 is 5.62 Å². The van der Waals surface area contributed by atoms with Crippen LogP contribution < -0.4 is 5.62 Å². The second-order valence-corrected chi connectivity index (χ2v) is 3.73. The summed E-state index contributed by atoms with van der Waals surface area (Å²) in [5, 5.41) is 16.0. The third kappa shape index (κ3) is 2.62. The van der Waals surface area contributed by atoms with Crippen molar-refractivity contribution in [3.8, 4) is 11.4 Å². The Morgan fingerprint density at radius 3 is 2.78 bits per heavy atom. The first-order valence-corrected chi connectivity index (χ1v) is 5.62. The number of nitro groups is 1. The van der Waals surface area contributed by atoms with Gasteiger partial charge in [0.05, 0.1) is 0 Å². The number of aromatic nitrogens is 3. The van der Waals surface area contributed by atoms with Crippen LogP contribution >= 0.6 is 0 Å². The summed E-state index contributed by atoms with van der Waals surface area (Å²) >= 11 is 0. The highest BCUT2D eigenvalue weighted by Gasteiger charge is 2.07. The molecule has 1 N–H and O–H groups in total. The van der Waals surface area contributed by atoms with Crippen molar-refractivity contribution in [3.05, 3.63) is 46.1 Å². The highest BCUT2D eigenvalue weighted by molar-refractivity contribution is 5.53. The minimum atomic E-state index is -0.739. The van der Waals surface area contributed by atoms with Crippen LogP contribution in [-0.4, -0.2) is 19.8 Å². The molecule has 94 valence electrons. The van der Waals surface area contributed by atoms with Gasteiger partial charge in [-0.05, 0) is 6.42 Å². The molecule has 7 heteroatoms. The van der Waals surface area contributed by atoms with Crippen LogP contribution in [0.3, 0.4) is 0 Å². The van der Waals surface area contributed by atoms with Gasteiger partial charge in [-0.2, -0.15) is 4.98 Å². The van der Waals surface area contributed by atoms with Gasteiger partial charge in [0, 0.05) is 12.1 Å². The maximum absolute atomic E-state index is 10.4. The third-order valence-corrected chi connectivity index (χ3v) is 2.36. The van der Waals surface area contributed by atoms with Gasteiger partial charge < -0.3 is 0 Å². The average molecular weight is 247 g/mol. The van der Waals surface area contributed by atoms with Crippen LogP contribution in [0.2, 0.25) is 0 Å². The lowest BCUT2D eigenvalue weighted by Crippen LogP contribution is -2.21. The molecule has 18 heavy (non-hydrogen) atoms. The molecule has 0 radical (unpaired) electrons. The van der Waals surface area contributed by atoms with E-state index in [2.05, 4.69) is 15.2 Å². The summed E-state index contributed by atoms with van der Waals surface area (Å²) in [4.78, 5) is 14.6. The molecule has 7 nitrogen and oxygen atoms in total. The minimum Gasteiger partial charge on any atom is -0.278 e. The maximum atomic E-state index is 10.4. The highest BCUT2D eigenvalue weighted by atomic mass is 16.7. The van der Waals surface area contributed by atoms with Gasteiger partial charge in [0.25, 0.3) is 0 Å². The Kier molecular flexibility index (Phi) is 3.52.